The standard InChI is InChI=1S/C13H13Br2NS/c1-8(16-2)12-5-6-13(17-12)10-7-9(14)3-4-11(10)15/h3-8,16H,1-2H3. The summed E-state index contributed by atoms with van der Waals surface area (Å²) in [7, 11) is 1.99. The third-order valence-electron chi connectivity index (χ3n) is 2.68. The Hall–Kier alpha value is -0.160. The van der Waals surface area contributed by atoms with Crippen LogP contribution in [0.4, 0.5) is 0 Å². The van der Waals surface area contributed by atoms with Crippen LogP contribution in [0.25, 0.3) is 10.4 Å². The molecule has 1 nitrogen and oxygen atoms in total. The molecule has 17 heavy (non-hydrogen) atoms. The Morgan fingerprint density at radius 2 is 1.94 bits per heavy atom. The predicted molar refractivity (Wildman–Crippen MR) is 82.6 cm³/mol. The molecule has 0 aliphatic heterocycles. The first-order chi connectivity index (χ1) is 8.11. The van der Waals surface area contributed by atoms with Crippen LogP contribution in [0.5, 0.6) is 0 Å². The van der Waals surface area contributed by atoms with Crippen LogP contribution in [-0.2, 0) is 0 Å². The molecule has 1 aromatic carbocycles. The Bertz CT molecular complexity index is 522. The number of thiophene rings is 1. The molecule has 0 aliphatic carbocycles. The topological polar surface area (TPSA) is 12.0 Å². The number of hydrogen-bond acceptors (Lipinski definition) is 2. The van der Waals surface area contributed by atoms with E-state index in [1.165, 1.54) is 15.3 Å². The molecule has 90 valence electrons. The Labute approximate surface area is 123 Å². The van der Waals surface area contributed by atoms with Gasteiger partial charge in [-0.25, -0.2) is 0 Å². The van der Waals surface area contributed by atoms with Gasteiger partial charge < -0.3 is 5.32 Å². The summed E-state index contributed by atoms with van der Waals surface area (Å²) in [6.07, 6.45) is 0. The van der Waals surface area contributed by atoms with Crippen LogP contribution in [0, 0.1) is 0 Å². The second-order valence-electron chi connectivity index (χ2n) is 3.84. The zero-order valence-electron chi connectivity index (χ0n) is 9.63. The highest BCUT2D eigenvalue weighted by molar-refractivity contribution is 9.11. The predicted octanol–water partition coefficient (Wildman–Crippen LogP) is 5.22. The van der Waals surface area contributed by atoms with Gasteiger partial charge in [-0.2, -0.15) is 0 Å². The molecule has 0 fully saturated rings. The lowest BCUT2D eigenvalue weighted by molar-refractivity contribution is 0.664. The van der Waals surface area contributed by atoms with Crippen molar-refractivity contribution in [3.63, 3.8) is 0 Å². The number of benzene rings is 1. The van der Waals surface area contributed by atoms with Crippen LogP contribution in [0.3, 0.4) is 0 Å². The Morgan fingerprint density at radius 1 is 1.18 bits per heavy atom. The van der Waals surface area contributed by atoms with Crippen LogP contribution >= 0.6 is 43.2 Å². The number of hydrogen-bond donors (Lipinski definition) is 1. The molecular formula is C13H13Br2NS. The Kier molecular flexibility index (Phi) is 4.42. The molecule has 1 aromatic heterocycles. The van der Waals surface area contributed by atoms with E-state index in [1.54, 1.807) is 0 Å². The number of halogens is 2. The second-order valence-corrected chi connectivity index (χ2v) is 6.72. The number of rotatable bonds is 3. The maximum atomic E-state index is 3.60. The van der Waals surface area contributed by atoms with E-state index in [0.717, 1.165) is 8.95 Å². The van der Waals surface area contributed by atoms with E-state index < -0.39 is 0 Å². The minimum atomic E-state index is 0.402. The van der Waals surface area contributed by atoms with Gasteiger partial charge in [-0.1, -0.05) is 31.9 Å². The van der Waals surface area contributed by atoms with E-state index in [9.17, 15) is 0 Å². The monoisotopic (exact) mass is 373 g/mol. The van der Waals surface area contributed by atoms with E-state index in [1.807, 2.05) is 24.5 Å². The molecule has 1 unspecified atom stereocenters. The van der Waals surface area contributed by atoms with Gasteiger partial charge in [0.2, 0.25) is 0 Å². The molecule has 4 heteroatoms. The van der Waals surface area contributed by atoms with Crippen molar-refractivity contribution in [2.75, 3.05) is 7.05 Å². The summed E-state index contributed by atoms with van der Waals surface area (Å²) in [6.45, 7) is 2.17. The fourth-order valence-corrected chi connectivity index (χ4v) is 3.61. The van der Waals surface area contributed by atoms with Gasteiger partial charge in [-0.15, -0.1) is 11.3 Å². The normalized spacial score (nSPS) is 12.7. The van der Waals surface area contributed by atoms with Gasteiger partial charge in [-0.05, 0) is 44.3 Å². The first-order valence-electron chi connectivity index (χ1n) is 5.34. The summed E-state index contributed by atoms with van der Waals surface area (Å²) in [5.41, 5.74) is 1.24. The fraction of sp³-hybridized carbons (Fsp3) is 0.231. The van der Waals surface area contributed by atoms with E-state index in [0.29, 0.717) is 6.04 Å². The highest BCUT2D eigenvalue weighted by Gasteiger charge is 2.10. The van der Waals surface area contributed by atoms with Crippen LogP contribution in [0.2, 0.25) is 0 Å². The molecular weight excluding hydrogens is 362 g/mol. The van der Waals surface area contributed by atoms with Crippen molar-refractivity contribution < 1.29 is 0 Å². The SMILES string of the molecule is CNC(C)c1ccc(-c2cc(Br)ccc2Br)s1. The zero-order valence-corrected chi connectivity index (χ0v) is 13.6. The molecule has 0 saturated carbocycles. The van der Waals surface area contributed by atoms with Gasteiger partial charge in [0.25, 0.3) is 0 Å². The van der Waals surface area contributed by atoms with Gasteiger partial charge >= 0.3 is 0 Å². The molecule has 0 amide bonds. The Morgan fingerprint density at radius 3 is 2.65 bits per heavy atom. The molecule has 1 N–H and O–H groups in total. The maximum absolute atomic E-state index is 3.60. The fourth-order valence-electron chi connectivity index (χ4n) is 1.56. The molecule has 0 saturated heterocycles. The number of nitrogens with one attached hydrogen (secondary N) is 1. The van der Waals surface area contributed by atoms with E-state index >= 15 is 0 Å². The third-order valence-corrected chi connectivity index (χ3v) is 5.17. The van der Waals surface area contributed by atoms with Crippen molar-refractivity contribution in [1.82, 2.24) is 5.32 Å². The van der Waals surface area contributed by atoms with E-state index in [2.05, 4.69) is 68.4 Å². The first kappa shape index (κ1) is 13.3. The average molecular weight is 375 g/mol. The maximum Gasteiger partial charge on any atom is 0.0383 e. The first-order valence-corrected chi connectivity index (χ1v) is 7.74. The van der Waals surface area contributed by atoms with Gasteiger partial charge in [-0.3, -0.25) is 0 Å². The molecule has 2 aromatic rings. The highest BCUT2D eigenvalue weighted by atomic mass is 79.9. The van der Waals surface area contributed by atoms with Gasteiger partial charge in [0.1, 0.15) is 0 Å². The van der Waals surface area contributed by atoms with Crippen molar-refractivity contribution >= 4 is 43.2 Å². The summed E-state index contributed by atoms with van der Waals surface area (Å²) < 4.78 is 2.23. The summed E-state index contributed by atoms with van der Waals surface area (Å²) in [4.78, 5) is 2.64. The average Bonchev–Trinajstić information content (AvgIpc) is 2.80. The molecule has 0 aliphatic rings. The van der Waals surface area contributed by atoms with Crippen molar-refractivity contribution in [1.29, 1.82) is 0 Å². The molecule has 1 heterocycles. The van der Waals surface area contributed by atoms with Gasteiger partial charge in [0.05, 0.1) is 0 Å². The molecule has 0 spiro atoms. The Balaban J connectivity index is 2.40. The third kappa shape index (κ3) is 2.99. The van der Waals surface area contributed by atoms with Crippen molar-refractivity contribution in [2.24, 2.45) is 0 Å². The zero-order chi connectivity index (χ0) is 12.4. The minimum absolute atomic E-state index is 0.402. The van der Waals surface area contributed by atoms with Gasteiger partial charge in [0, 0.05) is 30.3 Å². The summed E-state index contributed by atoms with van der Waals surface area (Å²) >= 11 is 8.94. The summed E-state index contributed by atoms with van der Waals surface area (Å²) in [5, 5.41) is 3.26. The largest absolute Gasteiger partial charge is 0.313 e. The van der Waals surface area contributed by atoms with Gasteiger partial charge in [0.15, 0.2) is 0 Å². The van der Waals surface area contributed by atoms with Crippen LogP contribution < -0.4 is 5.32 Å². The summed E-state index contributed by atoms with van der Waals surface area (Å²) in [5.74, 6) is 0. The second kappa shape index (κ2) is 5.65. The van der Waals surface area contributed by atoms with Crippen molar-refractivity contribution in [2.45, 2.75) is 13.0 Å². The quantitative estimate of drug-likeness (QED) is 0.776. The van der Waals surface area contributed by atoms with E-state index in [4.69, 9.17) is 0 Å². The van der Waals surface area contributed by atoms with Crippen LogP contribution in [0.15, 0.2) is 39.3 Å². The lowest BCUT2D eigenvalue weighted by Gasteiger charge is -2.06. The summed E-state index contributed by atoms with van der Waals surface area (Å²) in [6, 6.07) is 11.0. The highest BCUT2D eigenvalue weighted by Crippen LogP contribution is 2.36. The lowest BCUT2D eigenvalue weighted by Crippen LogP contribution is -2.10. The van der Waals surface area contributed by atoms with Crippen molar-refractivity contribution in [3.8, 4) is 10.4 Å². The molecule has 2 rings (SSSR count). The van der Waals surface area contributed by atoms with E-state index in [-0.39, 0.29) is 0 Å². The van der Waals surface area contributed by atoms with Crippen LogP contribution in [-0.4, -0.2) is 7.05 Å². The molecule has 0 radical (unpaired) electrons. The van der Waals surface area contributed by atoms with Crippen LogP contribution in [0.1, 0.15) is 17.8 Å². The smallest absolute Gasteiger partial charge is 0.0383 e. The molecule has 0 bridgehead atoms. The lowest BCUT2D eigenvalue weighted by atomic mass is 10.2. The van der Waals surface area contributed by atoms with Crippen molar-refractivity contribution in [3.05, 3.63) is 44.2 Å². The molecule has 1 atom stereocenters. The minimum Gasteiger partial charge on any atom is -0.313 e.